The van der Waals surface area contributed by atoms with Crippen molar-refractivity contribution < 1.29 is 19.1 Å². The number of carbonyl (C=O) groups excluding carboxylic acids is 2. The highest BCUT2D eigenvalue weighted by molar-refractivity contribution is 5.70. The van der Waals surface area contributed by atoms with Gasteiger partial charge in [0.15, 0.2) is 0 Å². The van der Waals surface area contributed by atoms with Gasteiger partial charge >= 0.3 is 12.1 Å². The highest BCUT2D eigenvalue weighted by Crippen LogP contribution is 1.98. The number of nitrogens with one attached hydrogen (secondary N) is 1. The third kappa shape index (κ3) is 3.59. The van der Waals surface area contributed by atoms with E-state index in [0.717, 1.165) is 0 Å². The highest BCUT2D eigenvalue weighted by Gasteiger charge is 2.18. The van der Waals surface area contributed by atoms with Crippen LogP contribution in [0, 0.1) is 0 Å². The third-order valence-corrected chi connectivity index (χ3v) is 1.45. The number of ether oxygens (including phenoxy) is 2. The molecule has 5 nitrogen and oxygen atoms in total. The average molecular weight is 185 g/mol. The fraction of sp³-hybridized carbons (Fsp3) is 0.500. The van der Waals surface area contributed by atoms with Gasteiger partial charge in [0.25, 0.3) is 0 Å². The van der Waals surface area contributed by atoms with E-state index in [0.29, 0.717) is 6.61 Å². The van der Waals surface area contributed by atoms with E-state index < -0.39 is 6.09 Å². The Morgan fingerprint density at radius 3 is 3.15 bits per heavy atom. The van der Waals surface area contributed by atoms with Crippen LogP contribution in [0.4, 0.5) is 4.79 Å². The third-order valence-electron chi connectivity index (χ3n) is 1.45. The monoisotopic (exact) mass is 185 g/mol. The second-order valence-corrected chi connectivity index (χ2v) is 2.58. The standard InChI is InChI=1S/C8H11NO4/c1-6(10)12-4-2-3-7-5-13-8(11)9-7/h2-3,7H,4-5H2,1H3,(H,9,11)/b3-2+. The van der Waals surface area contributed by atoms with Crippen LogP contribution in [0.15, 0.2) is 12.2 Å². The fourth-order valence-electron chi connectivity index (χ4n) is 0.889. The minimum Gasteiger partial charge on any atom is -0.462 e. The van der Waals surface area contributed by atoms with E-state index in [1.807, 2.05) is 0 Å². The largest absolute Gasteiger partial charge is 0.462 e. The summed E-state index contributed by atoms with van der Waals surface area (Å²) in [5.41, 5.74) is 0. The second-order valence-electron chi connectivity index (χ2n) is 2.58. The Morgan fingerprint density at radius 1 is 1.85 bits per heavy atom. The van der Waals surface area contributed by atoms with Gasteiger partial charge in [-0.2, -0.15) is 0 Å². The van der Waals surface area contributed by atoms with Crippen LogP contribution in [-0.4, -0.2) is 31.3 Å². The van der Waals surface area contributed by atoms with Crippen LogP contribution in [-0.2, 0) is 14.3 Å². The number of cyclic esters (lactones) is 1. The Labute approximate surface area is 75.7 Å². The number of esters is 1. The van der Waals surface area contributed by atoms with Crippen LogP contribution in [0.1, 0.15) is 6.92 Å². The van der Waals surface area contributed by atoms with Crippen molar-refractivity contribution in [1.29, 1.82) is 0 Å². The van der Waals surface area contributed by atoms with Crippen LogP contribution < -0.4 is 5.32 Å². The number of amides is 1. The zero-order valence-electron chi connectivity index (χ0n) is 7.28. The molecule has 1 fully saturated rings. The molecular weight excluding hydrogens is 174 g/mol. The summed E-state index contributed by atoms with van der Waals surface area (Å²) < 4.78 is 9.28. The molecule has 13 heavy (non-hydrogen) atoms. The zero-order valence-corrected chi connectivity index (χ0v) is 7.28. The van der Waals surface area contributed by atoms with E-state index >= 15 is 0 Å². The van der Waals surface area contributed by atoms with Gasteiger partial charge in [0.1, 0.15) is 13.2 Å². The molecule has 1 rings (SSSR count). The van der Waals surface area contributed by atoms with E-state index in [9.17, 15) is 9.59 Å². The van der Waals surface area contributed by atoms with E-state index in [4.69, 9.17) is 0 Å². The van der Waals surface area contributed by atoms with Crippen LogP contribution >= 0.6 is 0 Å². The lowest BCUT2D eigenvalue weighted by Gasteiger charge is -1.98. The predicted molar refractivity (Wildman–Crippen MR) is 44.0 cm³/mol. The van der Waals surface area contributed by atoms with E-state index in [1.165, 1.54) is 6.92 Å². The Hall–Kier alpha value is -1.52. The summed E-state index contributed by atoms with van der Waals surface area (Å²) in [5, 5.41) is 2.55. The molecule has 0 saturated carbocycles. The molecule has 0 aromatic rings. The minimum absolute atomic E-state index is 0.108. The van der Waals surface area contributed by atoms with Gasteiger partial charge in [0, 0.05) is 6.92 Å². The number of rotatable bonds is 3. The fourth-order valence-corrected chi connectivity index (χ4v) is 0.889. The normalized spacial score (nSPS) is 21.3. The molecule has 72 valence electrons. The van der Waals surface area contributed by atoms with Gasteiger partial charge in [-0.1, -0.05) is 6.08 Å². The van der Waals surface area contributed by atoms with Crippen molar-refractivity contribution in [3.8, 4) is 0 Å². The minimum atomic E-state index is -0.415. The van der Waals surface area contributed by atoms with Gasteiger partial charge in [-0.05, 0) is 6.08 Å². The molecule has 1 saturated heterocycles. The lowest BCUT2D eigenvalue weighted by Crippen LogP contribution is -2.23. The number of alkyl carbamates (subject to hydrolysis) is 1. The van der Waals surface area contributed by atoms with E-state index in [2.05, 4.69) is 14.8 Å². The molecule has 0 radical (unpaired) electrons. The first-order valence-electron chi connectivity index (χ1n) is 3.92. The molecule has 0 aliphatic carbocycles. The van der Waals surface area contributed by atoms with Crippen LogP contribution in [0.25, 0.3) is 0 Å². The van der Waals surface area contributed by atoms with Gasteiger partial charge in [-0.3, -0.25) is 4.79 Å². The van der Waals surface area contributed by atoms with Crippen LogP contribution in [0.3, 0.4) is 0 Å². The van der Waals surface area contributed by atoms with Crippen molar-refractivity contribution >= 4 is 12.1 Å². The maximum absolute atomic E-state index is 10.5. The van der Waals surface area contributed by atoms with E-state index in [1.54, 1.807) is 12.2 Å². The molecular formula is C8H11NO4. The molecule has 1 aliphatic heterocycles. The first-order valence-corrected chi connectivity index (χ1v) is 3.92. The first kappa shape index (κ1) is 9.57. The maximum Gasteiger partial charge on any atom is 0.407 e. The second kappa shape index (κ2) is 4.49. The number of hydrogen-bond donors (Lipinski definition) is 1. The molecule has 0 bridgehead atoms. The van der Waals surface area contributed by atoms with Gasteiger partial charge in [-0.25, -0.2) is 4.79 Å². The smallest absolute Gasteiger partial charge is 0.407 e. The molecule has 5 heteroatoms. The summed E-state index contributed by atoms with van der Waals surface area (Å²) in [7, 11) is 0. The Bertz CT molecular complexity index is 236. The number of carbonyl (C=O) groups is 2. The SMILES string of the molecule is CC(=O)OC/C=C/C1COC(=O)N1. The molecule has 0 aromatic heterocycles. The Morgan fingerprint density at radius 2 is 2.62 bits per heavy atom. The zero-order chi connectivity index (χ0) is 9.68. The predicted octanol–water partition coefficient (Wildman–Crippen LogP) is 0.214. The number of hydrogen-bond acceptors (Lipinski definition) is 4. The van der Waals surface area contributed by atoms with E-state index in [-0.39, 0.29) is 18.6 Å². The molecule has 0 aromatic carbocycles. The first-order chi connectivity index (χ1) is 6.18. The van der Waals surface area contributed by atoms with Crippen molar-refractivity contribution in [1.82, 2.24) is 5.32 Å². The lowest BCUT2D eigenvalue weighted by atomic mass is 10.3. The molecule has 1 N–H and O–H groups in total. The highest BCUT2D eigenvalue weighted by atomic mass is 16.6. The average Bonchev–Trinajstić information content (AvgIpc) is 2.45. The van der Waals surface area contributed by atoms with Crippen LogP contribution in [0.5, 0.6) is 0 Å². The molecule has 1 amide bonds. The van der Waals surface area contributed by atoms with Crippen molar-refractivity contribution in [3.63, 3.8) is 0 Å². The molecule has 1 unspecified atom stereocenters. The van der Waals surface area contributed by atoms with Crippen molar-refractivity contribution in [2.24, 2.45) is 0 Å². The summed E-state index contributed by atoms with van der Waals surface area (Å²) in [6, 6.07) is -0.108. The molecule has 1 aliphatic rings. The van der Waals surface area contributed by atoms with Crippen molar-refractivity contribution in [2.75, 3.05) is 13.2 Å². The van der Waals surface area contributed by atoms with Gasteiger partial charge in [0.2, 0.25) is 0 Å². The summed E-state index contributed by atoms with van der Waals surface area (Å²) in [6.07, 6.45) is 2.98. The van der Waals surface area contributed by atoms with Crippen LogP contribution in [0.2, 0.25) is 0 Å². The summed E-state index contributed by atoms with van der Waals surface area (Å²) >= 11 is 0. The lowest BCUT2D eigenvalue weighted by molar-refractivity contribution is -0.139. The van der Waals surface area contributed by atoms with Crippen molar-refractivity contribution in [3.05, 3.63) is 12.2 Å². The summed E-state index contributed by atoms with van der Waals surface area (Å²) in [4.78, 5) is 20.9. The molecule has 1 atom stereocenters. The Kier molecular flexibility index (Phi) is 3.31. The maximum atomic E-state index is 10.5. The quantitative estimate of drug-likeness (QED) is 0.504. The molecule has 0 spiro atoms. The van der Waals surface area contributed by atoms with Gasteiger partial charge in [0.05, 0.1) is 6.04 Å². The van der Waals surface area contributed by atoms with Gasteiger partial charge in [-0.15, -0.1) is 0 Å². The summed E-state index contributed by atoms with van der Waals surface area (Å²) in [5.74, 6) is -0.323. The Balaban J connectivity index is 2.17. The summed E-state index contributed by atoms with van der Waals surface area (Å²) in [6.45, 7) is 1.89. The van der Waals surface area contributed by atoms with Crippen molar-refractivity contribution in [2.45, 2.75) is 13.0 Å². The molecule has 1 heterocycles. The topological polar surface area (TPSA) is 64.6 Å². The van der Waals surface area contributed by atoms with Gasteiger partial charge < -0.3 is 14.8 Å².